The van der Waals surface area contributed by atoms with E-state index in [1.54, 1.807) is 45.7 Å². The van der Waals surface area contributed by atoms with Gasteiger partial charge in [0.1, 0.15) is 6.04 Å². The zero-order chi connectivity index (χ0) is 27.1. The van der Waals surface area contributed by atoms with E-state index in [2.05, 4.69) is 20.1 Å². The van der Waals surface area contributed by atoms with E-state index in [-0.39, 0.29) is 42.0 Å². The number of aliphatic hydroxyl groups excluding tert-OH is 1. The Kier molecular flexibility index (Phi) is 7.91. The zero-order valence-electron chi connectivity index (χ0n) is 22.4. The minimum Gasteiger partial charge on any atom is -0.396 e. The van der Waals surface area contributed by atoms with Gasteiger partial charge in [0.2, 0.25) is 11.8 Å². The number of aryl methyl sites for hydroxylation is 2. The third-order valence-electron chi connectivity index (χ3n) is 8.39. The molecular formula is C29H39N3O4S. The number of nitrogens with zero attached hydrogens (tertiary/aromatic N) is 3. The van der Waals surface area contributed by atoms with Crippen molar-refractivity contribution in [3.8, 4) is 0 Å². The maximum Gasteiger partial charge on any atom is 0.251 e. The molecule has 3 aliphatic heterocycles. The minimum atomic E-state index is -0.719. The summed E-state index contributed by atoms with van der Waals surface area (Å²) >= 11 is 1.67. The Labute approximate surface area is 224 Å². The fourth-order valence-electron chi connectivity index (χ4n) is 6.90. The van der Waals surface area contributed by atoms with Crippen molar-refractivity contribution in [1.29, 1.82) is 0 Å². The Morgan fingerprint density at radius 1 is 1.19 bits per heavy atom. The number of likely N-dealkylation sites (tertiary alicyclic amines) is 1. The summed E-state index contributed by atoms with van der Waals surface area (Å²) in [5.74, 6) is -1.29. The van der Waals surface area contributed by atoms with E-state index in [4.69, 9.17) is 0 Å². The Morgan fingerprint density at radius 2 is 1.84 bits per heavy atom. The van der Waals surface area contributed by atoms with E-state index in [9.17, 15) is 19.5 Å². The number of hydrogen-bond donors (Lipinski definition) is 1. The molecule has 3 saturated heterocycles. The molecule has 3 unspecified atom stereocenters. The van der Waals surface area contributed by atoms with Crippen LogP contribution in [0.3, 0.4) is 0 Å². The first-order chi connectivity index (χ1) is 17.6. The summed E-state index contributed by atoms with van der Waals surface area (Å²) in [6.07, 6.45) is 4.56. The number of amides is 3. The Balaban J connectivity index is 1.83. The molecule has 0 saturated carbocycles. The number of hydrogen-bond acceptors (Lipinski definition) is 5. The molecule has 3 fully saturated rings. The molecule has 3 heterocycles. The van der Waals surface area contributed by atoms with Gasteiger partial charge in [-0.05, 0) is 43.7 Å². The highest BCUT2D eigenvalue weighted by Gasteiger charge is 2.76. The first kappa shape index (κ1) is 27.5. The van der Waals surface area contributed by atoms with Crippen molar-refractivity contribution in [2.24, 2.45) is 17.8 Å². The highest BCUT2D eigenvalue weighted by Crippen LogP contribution is 2.69. The molecule has 1 aromatic carbocycles. The molecule has 0 aliphatic carbocycles. The number of fused-ring (bicyclic) bond motifs is 1. The quantitative estimate of drug-likeness (QED) is 0.475. The van der Waals surface area contributed by atoms with Gasteiger partial charge in [0.15, 0.2) is 0 Å². The van der Waals surface area contributed by atoms with Crippen LogP contribution in [0.5, 0.6) is 0 Å². The third-order valence-corrected chi connectivity index (χ3v) is 10.5. The predicted molar refractivity (Wildman–Crippen MR) is 148 cm³/mol. The first-order valence-electron chi connectivity index (χ1n) is 13.1. The first-order valence-corrected chi connectivity index (χ1v) is 14.0. The average Bonchev–Trinajstić information content (AvgIpc) is 3.45. The summed E-state index contributed by atoms with van der Waals surface area (Å²) in [5, 5.41) is 9.61. The maximum atomic E-state index is 14.6. The second-order valence-corrected chi connectivity index (χ2v) is 12.2. The van der Waals surface area contributed by atoms with Crippen LogP contribution in [0.2, 0.25) is 0 Å². The van der Waals surface area contributed by atoms with Gasteiger partial charge in [-0.25, -0.2) is 0 Å². The maximum absolute atomic E-state index is 14.6. The van der Waals surface area contributed by atoms with Gasteiger partial charge in [0.05, 0.1) is 16.6 Å². The standard InChI is InChI=1S/C29H39N3O4S/c1-7-13-30(6)26(34)22-21-17-20(5)29(37-21)23(22)27(35)32(15-10-16-33)25(29)28(36)31(14-8-2)24-18(3)11-9-12-19(24)4/h7-9,11-12,20-23,25,33H,1-2,10,13-17H2,3-6H3/t20?,21-,22+,23-,25?,29?/m0/s1. The highest BCUT2D eigenvalue weighted by atomic mass is 32.2. The fourth-order valence-corrected chi connectivity index (χ4v) is 9.31. The lowest BCUT2D eigenvalue weighted by molar-refractivity contribution is -0.143. The minimum absolute atomic E-state index is 0.00735. The number of anilines is 1. The van der Waals surface area contributed by atoms with Crippen LogP contribution in [0.1, 0.15) is 30.9 Å². The largest absolute Gasteiger partial charge is 0.396 e. The molecular weight excluding hydrogens is 486 g/mol. The second kappa shape index (κ2) is 10.7. The van der Waals surface area contributed by atoms with Gasteiger partial charge in [-0.15, -0.1) is 24.9 Å². The van der Waals surface area contributed by atoms with Crippen LogP contribution in [-0.4, -0.2) is 82.0 Å². The van der Waals surface area contributed by atoms with Gasteiger partial charge in [-0.1, -0.05) is 37.3 Å². The van der Waals surface area contributed by atoms with E-state index in [1.807, 2.05) is 32.0 Å². The van der Waals surface area contributed by atoms with Crippen molar-refractivity contribution in [1.82, 2.24) is 9.80 Å². The van der Waals surface area contributed by atoms with Gasteiger partial charge in [-0.2, -0.15) is 0 Å². The van der Waals surface area contributed by atoms with Gasteiger partial charge in [0, 0.05) is 44.2 Å². The number of benzene rings is 1. The van der Waals surface area contributed by atoms with E-state index in [0.717, 1.165) is 23.2 Å². The van der Waals surface area contributed by atoms with Crippen LogP contribution >= 0.6 is 11.8 Å². The Hall–Kier alpha value is -2.58. The van der Waals surface area contributed by atoms with E-state index in [1.165, 1.54) is 0 Å². The highest BCUT2D eigenvalue weighted by molar-refractivity contribution is 8.02. The smallest absolute Gasteiger partial charge is 0.251 e. The topological polar surface area (TPSA) is 81.2 Å². The van der Waals surface area contributed by atoms with Crippen molar-refractivity contribution in [2.75, 3.05) is 38.2 Å². The van der Waals surface area contributed by atoms with Gasteiger partial charge in [-0.3, -0.25) is 14.4 Å². The summed E-state index contributed by atoms with van der Waals surface area (Å²) in [6.45, 7) is 14.7. The molecule has 0 aromatic heterocycles. The molecule has 8 heteroatoms. The van der Waals surface area contributed by atoms with Crippen molar-refractivity contribution >= 4 is 35.2 Å². The molecule has 6 atom stereocenters. The number of likely N-dealkylation sites (N-methyl/N-ethyl adjacent to an activating group) is 1. The molecule has 200 valence electrons. The molecule has 4 rings (SSSR count). The number of carbonyl (C=O) groups is 3. The molecule has 0 radical (unpaired) electrons. The molecule has 1 N–H and O–H groups in total. The number of thioether (sulfide) groups is 1. The van der Waals surface area contributed by atoms with Gasteiger partial charge >= 0.3 is 0 Å². The van der Waals surface area contributed by atoms with Crippen LogP contribution in [0.25, 0.3) is 0 Å². The molecule has 3 aliphatic rings. The summed E-state index contributed by atoms with van der Waals surface area (Å²) in [7, 11) is 1.75. The molecule has 3 amide bonds. The molecule has 7 nitrogen and oxygen atoms in total. The Bertz CT molecular complexity index is 1090. The zero-order valence-corrected chi connectivity index (χ0v) is 23.2. The molecule has 1 aromatic rings. The molecule has 1 spiro atoms. The normalized spacial score (nSPS) is 29.8. The summed E-state index contributed by atoms with van der Waals surface area (Å²) in [6, 6.07) is 5.22. The lowest BCUT2D eigenvalue weighted by Crippen LogP contribution is -2.57. The van der Waals surface area contributed by atoms with Crippen molar-refractivity contribution < 1.29 is 19.5 Å². The number of aliphatic hydroxyl groups is 1. The van der Waals surface area contributed by atoms with Gasteiger partial charge in [0.25, 0.3) is 5.91 Å². The second-order valence-electron chi connectivity index (χ2n) is 10.6. The SMILES string of the molecule is C=CCN(C)C(=O)[C@@H]1[C@@H]2CC(C)C3(S2)C(C(=O)N(CC=C)c2c(C)cccc2C)N(CCCO)C(=O)[C@H]13. The Morgan fingerprint density at radius 3 is 2.43 bits per heavy atom. The summed E-state index contributed by atoms with van der Waals surface area (Å²) in [5.41, 5.74) is 2.79. The number of rotatable bonds is 10. The number of carbonyl (C=O) groups excluding carboxylic acids is 3. The van der Waals surface area contributed by atoms with Crippen LogP contribution in [-0.2, 0) is 14.4 Å². The molecule has 37 heavy (non-hydrogen) atoms. The molecule has 2 bridgehead atoms. The summed E-state index contributed by atoms with van der Waals surface area (Å²) in [4.78, 5) is 47.5. The average molecular weight is 526 g/mol. The van der Waals surface area contributed by atoms with Crippen molar-refractivity contribution in [2.45, 2.75) is 49.7 Å². The van der Waals surface area contributed by atoms with E-state index in [0.29, 0.717) is 19.5 Å². The lowest BCUT2D eigenvalue weighted by Gasteiger charge is -2.41. The summed E-state index contributed by atoms with van der Waals surface area (Å²) < 4.78 is -0.695. The lowest BCUT2D eigenvalue weighted by atomic mass is 9.65. The third kappa shape index (κ3) is 4.22. The monoisotopic (exact) mass is 525 g/mol. The van der Waals surface area contributed by atoms with E-state index >= 15 is 0 Å². The number of para-hydroxylation sites is 1. The van der Waals surface area contributed by atoms with Crippen LogP contribution in [0, 0.1) is 31.6 Å². The predicted octanol–water partition coefficient (Wildman–Crippen LogP) is 3.19. The van der Waals surface area contributed by atoms with E-state index < -0.39 is 22.6 Å². The van der Waals surface area contributed by atoms with Crippen molar-refractivity contribution in [3.63, 3.8) is 0 Å². The van der Waals surface area contributed by atoms with Crippen molar-refractivity contribution in [3.05, 3.63) is 54.6 Å². The van der Waals surface area contributed by atoms with Crippen LogP contribution in [0.15, 0.2) is 43.5 Å². The van der Waals surface area contributed by atoms with Crippen LogP contribution in [0.4, 0.5) is 5.69 Å². The van der Waals surface area contributed by atoms with Gasteiger partial charge < -0.3 is 19.8 Å². The fraction of sp³-hybridized carbons (Fsp3) is 0.552. The van der Waals surface area contributed by atoms with Crippen LogP contribution < -0.4 is 4.90 Å².